The molecular weight excluding hydrogens is 334 g/mol. The first-order valence-corrected chi connectivity index (χ1v) is 8.41. The van der Waals surface area contributed by atoms with E-state index in [1.807, 2.05) is 24.4 Å². The van der Waals surface area contributed by atoms with Crippen LogP contribution in [0.2, 0.25) is 0 Å². The fourth-order valence-corrected chi connectivity index (χ4v) is 3.62. The molecule has 118 valence electrons. The van der Waals surface area contributed by atoms with E-state index in [9.17, 15) is 9.59 Å². The maximum atomic E-state index is 12.1. The zero-order valence-corrected chi connectivity index (χ0v) is 13.8. The molecule has 0 aliphatic carbocycles. The maximum Gasteiger partial charge on any atom is 0.251 e. The van der Waals surface area contributed by atoms with Crippen molar-refractivity contribution < 1.29 is 14.0 Å². The third-order valence-corrected chi connectivity index (χ3v) is 4.82. The number of nitrogens with zero attached hydrogens (tertiary/aromatic N) is 1. The summed E-state index contributed by atoms with van der Waals surface area (Å²) in [6.07, 6.45) is 1.52. The van der Waals surface area contributed by atoms with Gasteiger partial charge in [0, 0.05) is 4.88 Å². The fraction of sp³-hybridized carbons (Fsp3) is 0.133. The van der Waals surface area contributed by atoms with Crippen LogP contribution in [0, 0.1) is 6.92 Å². The molecule has 23 heavy (non-hydrogen) atoms. The Labute approximate surface area is 140 Å². The van der Waals surface area contributed by atoms with Gasteiger partial charge in [0.05, 0.1) is 22.6 Å². The van der Waals surface area contributed by atoms with Crippen LogP contribution in [0.1, 0.15) is 20.9 Å². The Kier molecular flexibility index (Phi) is 4.26. The second kappa shape index (κ2) is 6.35. The normalized spacial score (nSPS) is 10.7. The number of nitrogens with two attached hydrogens (primary N) is 1. The van der Waals surface area contributed by atoms with Crippen LogP contribution in [-0.4, -0.2) is 16.8 Å². The number of carbonyl (C=O) groups excluding carboxylic acids is 2. The van der Waals surface area contributed by atoms with E-state index in [0.717, 1.165) is 9.75 Å². The van der Waals surface area contributed by atoms with Crippen LogP contribution >= 0.6 is 22.7 Å². The van der Waals surface area contributed by atoms with Crippen LogP contribution in [0.15, 0.2) is 34.3 Å². The highest BCUT2D eigenvalue weighted by molar-refractivity contribution is 7.16. The lowest BCUT2D eigenvalue weighted by molar-refractivity contribution is -0.115. The first-order chi connectivity index (χ1) is 11.0. The van der Waals surface area contributed by atoms with Gasteiger partial charge in [0.1, 0.15) is 11.3 Å². The number of anilines is 1. The Hall–Kier alpha value is -2.45. The summed E-state index contributed by atoms with van der Waals surface area (Å²) in [5.41, 5.74) is 6.15. The van der Waals surface area contributed by atoms with Crippen LogP contribution in [0.4, 0.5) is 5.00 Å². The van der Waals surface area contributed by atoms with Gasteiger partial charge in [-0.05, 0) is 24.4 Å². The predicted molar refractivity (Wildman–Crippen MR) is 89.7 cm³/mol. The highest BCUT2D eigenvalue weighted by atomic mass is 32.1. The molecule has 0 saturated heterocycles. The summed E-state index contributed by atoms with van der Waals surface area (Å²) >= 11 is 2.82. The number of primary amides is 1. The maximum absolute atomic E-state index is 12.1. The molecule has 8 heteroatoms. The Bertz CT molecular complexity index is 849. The van der Waals surface area contributed by atoms with E-state index in [-0.39, 0.29) is 12.3 Å². The van der Waals surface area contributed by atoms with Crippen molar-refractivity contribution in [2.24, 2.45) is 5.73 Å². The largest absolute Gasteiger partial charge is 0.444 e. The number of nitrogens with one attached hydrogen (secondary N) is 1. The number of aromatic nitrogens is 1. The number of oxazole rings is 1. The van der Waals surface area contributed by atoms with E-state index >= 15 is 0 Å². The second-order valence-corrected chi connectivity index (χ2v) is 7.01. The monoisotopic (exact) mass is 347 g/mol. The molecule has 3 aromatic rings. The molecule has 0 aromatic carbocycles. The molecule has 0 aliphatic rings. The van der Waals surface area contributed by atoms with Crippen molar-refractivity contribution in [3.63, 3.8) is 0 Å². The Balaban J connectivity index is 1.69. The van der Waals surface area contributed by atoms with Gasteiger partial charge in [0.15, 0.2) is 0 Å². The minimum absolute atomic E-state index is 0.0595. The van der Waals surface area contributed by atoms with Crippen LogP contribution in [0.25, 0.3) is 10.8 Å². The van der Waals surface area contributed by atoms with Crippen LogP contribution in [0.3, 0.4) is 0 Å². The standard InChI is InChI=1S/C15H13N3O3S2/c1-8-5-10(13(16)20)15(23-8)18-12(19)6-9-7-21-14(17-9)11-3-2-4-22-11/h2-5,7H,6H2,1H3,(H2,16,20)(H,18,19). The van der Waals surface area contributed by atoms with Gasteiger partial charge >= 0.3 is 0 Å². The minimum Gasteiger partial charge on any atom is -0.444 e. The van der Waals surface area contributed by atoms with Gasteiger partial charge < -0.3 is 15.5 Å². The molecule has 3 aromatic heterocycles. The van der Waals surface area contributed by atoms with Gasteiger partial charge in [-0.25, -0.2) is 4.98 Å². The number of thiophene rings is 2. The molecular formula is C15H13N3O3S2. The first kappa shape index (κ1) is 15.4. The van der Waals surface area contributed by atoms with E-state index in [2.05, 4.69) is 10.3 Å². The summed E-state index contributed by atoms with van der Waals surface area (Å²) in [6.45, 7) is 1.84. The smallest absolute Gasteiger partial charge is 0.251 e. The van der Waals surface area contributed by atoms with Crippen molar-refractivity contribution in [3.05, 3.63) is 46.0 Å². The molecule has 0 atom stereocenters. The third kappa shape index (κ3) is 3.49. The summed E-state index contributed by atoms with van der Waals surface area (Å²) in [7, 11) is 0. The van der Waals surface area contributed by atoms with Crippen LogP contribution < -0.4 is 11.1 Å². The first-order valence-electron chi connectivity index (χ1n) is 6.71. The van der Waals surface area contributed by atoms with Gasteiger partial charge in [-0.2, -0.15) is 0 Å². The van der Waals surface area contributed by atoms with Crippen LogP contribution in [-0.2, 0) is 11.2 Å². The highest BCUT2D eigenvalue weighted by Crippen LogP contribution is 2.27. The van der Waals surface area contributed by atoms with Crippen molar-refractivity contribution >= 4 is 39.5 Å². The minimum atomic E-state index is -0.564. The van der Waals surface area contributed by atoms with Crippen molar-refractivity contribution in [3.8, 4) is 10.8 Å². The van der Waals surface area contributed by atoms with E-state index < -0.39 is 5.91 Å². The number of carbonyl (C=O) groups is 2. The summed E-state index contributed by atoms with van der Waals surface area (Å²) in [4.78, 5) is 29.6. The SMILES string of the molecule is Cc1cc(C(N)=O)c(NC(=O)Cc2coc(-c3cccs3)n2)s1. The fourth-order valence-electron chi connectivity index (χ4n) is 2.03. The van der Waals surface area contributed by atoms with Gasteiger partial charge in [0.2, 0.25) is 11.8 Å². The lowest BCUT2D eigenvalue weighted by atomic mass is 10.2. The molecule has 0 unspecified atom stereocenters. The van der Waals surface area contributed by atoms with E-state index in [1.54, 1.807) is 6.07 Å². The third-order valence-electron chi connectivity index (χ3n) is 3.00. The lowest BCUT2D eigenvalue weighted by Crippen LogP contribution is -2.18. The Morgan fingerprint density at radius 3 is 2.96 bits per heavy atom. The summed E-state index contributed by atoms with van der Waals surface area (Å²) in [5, 5.41) is 5.09. The molecule has 0 aliphatic heterocycles. The molecule has 3 N–H and O–H groups in total. The molecule has 0 bridgehead atoms. The zero-order valence-electron chi connectivity index (χ0n) is 12.2. The predicted octanol–water partition coefficient (Wildman–Crippen LogP) is 3.05. The highest BCUT2D eigenvalue weighted by Gasteiger charge is 2.16. The summed E-state index contributed by atoms with van der Waals surface area (Å²) in [5.74, 6) is -0.348. The number of hydrogen-bond donors (Lipinski definition) is 2. The Morgan fingerprint density at radius 1 is 1.43 bits per heavy atom. The lowest BCUT2D eigenvalue weighted by Gasteiger charge is -2.02. The van der Waals surface area contributed by atoms with E-state index in [0.29, 0.717) is 22.1 Å². The zero-order chi connectivity index (χ0) is 16.4. The average Bonchev–Trinajstić information content (AvgIpc) is 3.18. The van der Waals surface area contributed by atoms with Gasteiger partial charge in [-0.1, -0.05) is 6.07 Å². The van der Waals surface area contributed by atoms with Crippen molar-refractivity contribution in [2.75, 3.05) is 5.32 Å². The molecule has 0 spiro atoms. The molecule has 6 nitrogen and oxygen atoms in total. The second-order valence-electron chi connectivity index (χ2n) is 4.81. The van der Waals surface area contributed by atoms with Crippen molar-refractivity contribution in [1.29, 1.82) is 0 Å². The molecule has 3 rings (SSSR count). The average molecular weight is 347 g/mol. The summed E-state index contributed by atoms with van der Waals surface area (Å²) < 4.78 is 5.37. The van der Waals surface area contributed by atoms with Crippen molar-refractivity contribution in [2.45, 2.75) is 13.3 Å². The number of hydrogen-bond acceptors (Lipinski definition) is 6. The van der Waals surface area contributed by atoms with Gasteiger partial charge in [0.25, 0.3) is 5.91 Å². The molecule has 0 radical (unpaired) electrons. The molecule has 3 heterocycles. The van der Waals surface area contributed by atoms with Gasteiger partial charge in [-0.3, -0.25) is 9.59 Å². The van der Waals surface area contributed by atoms with E-state index in [4.69, 9.17) is 10.2 Å². The Morgan fingerprint density at radius 2 is 2.26 bits per heavy atom. The number of amides is 2. The number of rotatable bonds is 5. The van der Waals surface area contributed by atoms with Crippen molar-refractivity contribution in [1.82, 2.24) is 4.98 Å². The van der Waals surface area contributed by atoms with Gasteiger partial charge in [-0.15, -0.1) is 22.7 Å². The molecule has 0 fully saturated rings. The molecule has 0 saturated carbocycles. The van der Waals surface area contributed by atoms with Crippen LogP contribution in [0.5, 0.6) is 0 Å². The quantitative estimate of drug-likeness (QED) is 0.741. The van der Waals surface area contributed by atoms with E-state index in [1.165, 1.54) is 28.9 Å². The topological polar surface area (TPSA) is 98.2 Å². The summed E-state index contributed by atoms with van der Waals surface area (Å²) in [6, 6.07) is 5.46. The number of aryl methyl sites for hydroxylation is 1. The molecule has 2 amide bonds.